The number of hydrogen-bond donors (Lipinski definition) is 2. The topological polar surface area (TPSA) is 58.0 Å². The smallest absolute Gasteiger partial charge is 0.144 e. The van der Waals surface area contributed by atoms with Gasteiger partial charge in [-0.2, -0.15) is 0 Å². The van der Waals surface area contributed by atoms with Crippen LogP contribution in [-0.4, -0.2) is 21.6 Å². The first-order chi connectivity index (χ1) is 6.88. The van der Waals surface area contributed by atoms with Crippen LogP contribution < -0.4 is 5.32 Å². The average molecular weight is 193 g/mol. The fourth-order valence-corrected chi connectivity index (χ4v) is 1.51. The molecule has 1 aliphatic carbocycles. The molecule has 0 unspecified atom stereocenters. The maximum atomic E-state index is 8.87. The molecule has 4 heteroatoms. The molecule has 0 atom stereocenters. The molecule has 1 aromatic heterocycles. The van der Waals surface area contributed by atoms with E-state index in [4.69, 9.17) is 5.11 Å². The van der Waals surface area contributed by atoms with Crippen molar-refractivity contribution in [2.75, 3.05) is 11.9 Å². The maximum absolute atomic E-state index is 8.87. The number of anilines is 1. The van der Waals surface area contributed by atoms with Gasteiger partial charge in [0.25, 0.3) is 0 Å². The van der Waals surface area contributed by atoms with Crippen LogP contribution in [0.15, 0.2) is 12.4 Å². The monoisotopic (exact) mass is 193 g/mol. The Morgan fingerprint density at radius 2 is 2.29 bits per heavy atom. The Balaban J connectivity index is 1.87. The summed E-state index contributed by atoms with van der Waals surface area (Å²) in [5, 5.41) is 12.1. The minimum atomic E-state index is -0.0497. The number of aromatic nitrogens is 2. The fourth-order valence-electron chi connectivity index (χ4n) is 1.51. The summed E-state index contributed by atoms with van der Waals surface area (Å²) in [6.45, 7) is 0.926. The zero-order valence-corrected chi connectivity index (χ0v) is 8.11. The van der Waals surface area contributed by atoms with Crippen LogP contribution in [0.1, 0.15) is 25.0 Å². The van der Waals surface area contributed by atoms with E-state index in [1.165, 1.54) is 19.3 Å². The van der Waals surface area contributed by atoms with E-state index in [1.807, 2.05) is 0 Å². The lowest BCUT2D eigenvalue weighted by atomic mass is 9.85. The summed E-state index contributed by atoms with van der Waals surface area (Å²) in [7, 11) is 0. The molecule has 1 heterocycles. The van der Waals surface area contributed by atoms with E-state index in [2.05, 4.69) is 15.3 Å². The third-order valence-electron chi connectivity index (χ3n) is 2.64. The number of aliphatic hydroxyl groups excluding tert-OH is 1. The van der Waals surface area contributed by atoms with E-state index in [0.29, 0.717) is 5.69 Å². The lowest BCUT2D eigenvalue weighted by Gasteiger charge is -2.25. The highest BCUT2D eigenvalue weighted by atomic mass is 16.3. The van der Waals surface area contributed by atoms with Crippen molar-refractivity contribution < 1.29 is 5.11 Å². The molecule has 0 spiro atoms. The zero-order chi connectivity index (χ0) is 9.80. The van der Waals surface area contributed by atoms with E-state index >= 15 is 0 Å². The van der Waals surface area contributed by atoms with Gasteiger partial charge in [0.15, 0.2) is 0 Å². The summed E-state index contributed by atoms with van der Waals surface area (Å²) in [5.74, 6) is 1.57. The molecule has 1 saturated carbocycles. The molecular weight excluding hydrogens is 178 g/mol. The Labute approximate surface area is 83.4 Å². The summed E-state index contributed by atoms with van der Waals surface area (Å²) < 4.78 is 0. The lowest BCUT2D eigenvalue weighted by Crippen LogP contribution is -2.21. The fraction of sp³-hybridized carbons (Fsp3) is 0.600. The van der Waals surface area contributed by atoms with E-state index in [0.717, 1.165) is 18.3 Å². The van der Waals surface area contributed by atoms with Crippen LogP contribution in [0.4, 0.5) is 5.82 Å². The number of aliphatic hydroxyl groups is 1. The van der Waals surface area contributed by atoms with Crippen molar-refractivity contribution in [3.63, 3.8) is 0 Å². The number of nitrogens with zero attached hydrogens (tertiary/aromatic N) is 2. The van der Waals surface area contributed by atoms with E-state index in [-0.39, 0.29) is 6.61 Å². The van der Waals surface area contributed by atoms with Gasteiger partial charge in [-0.05, 0) is 18.8 Å². The molecule has 2 N–H and O–H groups in total. The van der Waals surface area contributed by atoms with Crippen LogP contribution in [0.5, 0.6) is 0 Å². The minimum absolute atomic E-state index is 0.0497. The van der Waals surface area contributed by atoms with E-state index in [9.17, 15) is 0 Å². The Morgan fingerprint density at radius 1 is 1.43 bits per heavy atom. The standard InChI is InChI=1S/C10H15N3O/c14-7-9-5-11-6-10(13-9)12-4-8-2-1-3-8/h5-6,8,14H,1-4,7H2,(H,12,13). The molecule has 1 aliphatic rings. The molecular formula is C10H15N3O. The first kappa shape index (κ1) is 9.40. The Hall–Kier alpha value is -1.16. The molecule has 76 valence electrons. The lowest BCUT2D eigenvalue weighted by molar-refractivity contribution is 0.276. The van der Waals surface area contributed by atoms with Gasteiger partial charge in [0.05, 0.1) is 24.7 Å². The summed E-state index contributed by atoms with van der Waals surface area (Å²) in [5.41, 5.74) is 0.614. The van der Waals surface area contributed by atoms with Crippen LogP contribution >= 0.6 is 0 Å². The van der Waals surface area contributed by atoms with Gasteiger partial charge in [-0.25, -0.2) is 4.98 Å². The third kappa shape index (κ3) is 2.20. The second-order valence-corrected chi connectivity index (χ2v) is 3.73. The van der Waals surface area contributed by atoms with Gasteiger partial charge in [-0.15, -0.1) is 0 Å². The first-order valence-corrected chi connectivity index (χ1v) is 5.04. The highest BCUT2D eigenvalue weighted by molar-refractivity contribution is 5.31. The SMILES string of the molecule is OCc1cncc(NCC2CCC2)n1. The zero-order valence-electron chi connectivity index (χ0n) is 8.11. The predicted octanol–water partition coefficient (Wildman–Crippen LogP) is 1.18. The highest BCUT2D eigenvalue weighted by Gasteiger charge is 2.16. The molecule has 4 nitrogen and oxygen atoms in total. The van der Waals surface area contributed by atoms with Gasteiger partial charge in [0, 0.05) is 6.54 Å². The van der Waals surface area contributed by atoms with E-state index < -0.39 is 0 Å². The van der Waals surface area contributed by atoms with Gasteiger partial charge in [0.1, 0.15) is 5.82 Å². The molecule has 1 fully saturated rings. The predicted molar refractivity (Wildman–Crippen MR) is 53.8 cm³/mol. The van der Waals surface area contributed by atoms with Gasteiger partial charge < -0.3 is 10.4 Å². The molecule has 0 saturated heterocycles. The van der Waals surface area contributed by atoms with Crippen LogP contribution in [-0.2, 0) is 6.61 Å². The third-order valence-corrected chi connectivity index (χ3v) is 2.64. The second-order valence-electron chi connectivity index (χ2n) is 3.73. The summed E-state index contributed by atoms with van der Waals surface area (Å²) in [6.07, 6.45) is 7.27. The van der Waals surface area contributed by atoms with Crippen molar-refractivity contribution >= 4 is 5.82 Å². The van der Waals surface area contributed by atoms with Crippen LogP contribution in [0.25, 0.3) is 0 Å². The van der Waals surface area contributed by atoms with Gasteiger partial charge >= 0.3 is 0 Å². The summed E-state index contributed by atoms with van der Waals surface area (Å²) in [6, 6.07) is 0. The van der Waals surface area contributed by atoms with Crippen LogP contribution in [0.2, 0.25) is 0 Å². The quantitative estimate of drug-likeness (QED) is 0.754. The molecule has 0 radical (unpaired) electrons. The molecule has 2 rings (SSSR count). The average Bonchev–Trinajstić information content (AvgIpc) is 2.16. The minimum Gasteiger partial charge on any atom is -0.390 e. The Kier molecular flexibility index (Phi) is 2.93. The Morgan fingerprint density at radius 3 is 2.93 bits per heavy atom. The van der Waals surface area contributed by atoms with Crippen molar-refractivity contribution in [3.8, 4) is 0 Å². The largest absolute Gasteiger partial charge is 0.390 e. The van der Waals surface area contributed by atoms with Crippen molar-refractivity contribution in [2.45, 2.75) is 25.9 Å². The molecule has 0 aliphatic heterocycles. The van der Waals surface area contributed by atoms with Crippen molar-refractivity contribution in [1.29, 1.82) is 0 Å². The molecule has 0 amide bonds. The highest BCUT2D eigenvalue weighted by Crippen LogP contribution is 2.26. The van der Waals surface area contributed by atoms with E-state index in [1.54, 1.807) is 12.4 Å². The normalized spacial score (nSPS) is 16.4. The molecule has 14 heavy (non-hydrogen) atoms. The van der Waals surface area contributed by atoms with Crippen molar-refractivity contribution in [2.24, 2.45) is 5.92 Å². The number of rotatable bonds is 4. The molecule has 0 aromatic carbocycles. The van der Waals surface area contributed by atoms with Gasteiger partial charge in [0.2, 0.25) is 0 Å². The van der Waals surface area contributed by atoms with Crippen LogP contribution in [0, 0.1) is 5.92 Å². The van der Waals surface area contributed by atoms with Gasteiger partial charge in [-0.3, -0.25) is 4.98 Å². The summed E-state index contributed by atoms with van der Waals surface area (Å²) in [4.78, 5) is 8.19. The molecule has 1 aromatic rings. The molecule has 0 bridgehead atoms. The first-order valence-electron chi connectivity index (χ1n) is 5.04. The number of hydrogen-bond acceptors (Lipinski definition) is 4. The van der Waals surface area contributed by atoms with Crippen molar-refractivity contribution in [3.05, 3.63) is 18.1 Å². The van der Waals surface area contributed by atoms with Crippen LogP contribution in [0.3, 0.4) is 0 Å². The maximum Gasteiger partial charge on any atom is 0.144 e. The Bertz CT molecular complexity index is 299. The van der Waals surface area contributed by atoms with Gasteiger partial charge in [-0.1, -0.05) is 6.42 Å². The second kappa shape index (κ2) is 4.37. The summed E-state index contributed by atoms with van der Waals surface area (Å²) >= 11 is 0. The number of nitrogens with one attached hydrogen (secondary N) is 1. The van der Waals surface area contributed by atoms with Crippen molar-refractivity contribution in [1.82, 2.24) is 9.97 Å².